The van der Waals surface area contributed by atoms with Crippen LogP contribution >= 0.6 is 0 Å². The van der Waals surface area contributed by atoms with Gasteiger partial charge in [-0.05, 0) is 25.9 Å². The molecule has 0 aromatic heterocycles. The van der Waals surface area contributed by atoms with E-state index in [0.717, 1.165) is 19.5 Å². The van der Waals surface area contributed by atoms with Crippen LogP contribution in [0.3, 0.4) is 0 Å². The van der Waals surface area contributed by atoms with Gasteiger partial charge in [0.1, 0.15) is 0 Å². The molecule has 20 heavy (non-hydrogen) atoms. The van der Waals surface area contributed by atoms with Crippen molar-refractivity contribution in [3.05, 3.63) is 0 Å². The highest BCUT2D eigenvalue weighted by Crippen LogP contribution is 2.15. The van der Waals surface area contributed by atoms with Gasteiger partial charge < -0.3 is 20.1 Å². The van der Waals surface area contributed by atoms with Crippen LogP contribution in [0.4, 0.5) is 4.79 Å². The number of ether oxygens (including phenoxy) is 1. The van der Waals surface area contributed by atoms with Crippen LogP contribution in [0.5, 0.6) is 0 Å². The normalized spacial score (nSPS) is 27.6. The quantitative estimate of drug-likeness (QED) is 0.758. The Morgan fingerprint density at radius 2 is 2.20 bits per heavy atom. The average Bonchev–Trinajstić information content (AvgIpc) is 2.92. The van der Waals surface area contributed by atoms with E-state index in [-0.39, 0.29) is 19.2 Å². The van der Waals surface area contributed by atoms with Gasteiger partial charge in [-0.1, -0.05) is 6.92 Å². The van der Waals surface area contributed by atoms with Gasteiger partial charge in [-0.2, -0.15) is 0 Å². The Labute approximate surface area is 118 Å². The lowest BCUT2D eigenvalue weighted by molar-refractivity contribution is -0.154. The largest absolute Gasteiger partial charge is 0.479 e. The molecule has 2 aliphatic heterocycles. The van der Waals surface area contributed by atoms with Crippen molar-refractivity contribution in [3.8, 4) is 0 Å². The second kappa shape index (κ2) is 6.90. The summed E-state index contributed by atoms with van der Waals surface area (Å²) in [5.41, 5.74) is 0. The van der Waals surface area contributed by atoms with Gasteiger partial charge in [-0.3, -0.25) is 4.90 Å². The minimum atomic E-state index is -1.02. The fourth-order valence-electron chi connectivity index (χ4n) is 2.84. The second-order valence-corrected chi connectivity index (χ2v) is 5.25. The van der Waals surface area contributed by atoms with E-state index >= 15 is 0 Å². The predicted octanol–water partition coefficient (Wildman–Crippen LogP) is -0.0343. The number of carboxylic acids is 1. The fraction of sp³-hybridized carbons (Fsp3) is 0.846. The van der Waals surface area contributed by atoms with Gasteiger partial charge >= 0.3 is 12.0 Å². The number of hydrogen-bond donors (Lipinski definition) is 2. The summed E-state index contributed by atoms with van der Waals surface area (Å²) in [6, 6.07) is 0.211. The third-order valence-corrected chi connectivity index (χ3v) is 4.02. The lowest BCUT2D eigenvalue weighted by atomic mass is 10.2. The van der Waals surface area contributed by atoms with Crippen molar-refractivity contribution in [1.29, 1.82) is 0 Å². The summed E-state index contributed by atoms with van der Waals surface area (Å²) in [7, 11) is 0. The van der Waals surface area contributed by atoms with Gasteiger partial charge in [0.25, 0.3) is 0 Å². The van der Waals surface area contributed by atoms with Crippen LogP contribution in [-0.4, -0.2) is 78.4 Å². The van der Waals surface area contributed by atoms with E-state index in [1.54, 1.807) is 0 Å². The third-order valence-electron chi connectivity index (χ3n) is 4.02. The van der Waals surface area contributed by atoms with Crippen molar-refractivity contribution in [1.82, 2.24) is 15.1 Å². The Morgan fingerprint density at radius 3 is 2.90 bits per heavy atom. The number of amides is 2. The number of aliphatic carboxylic acids is 1. The molecule has 0 aromatic carbocycles. The predicted molar refractivity (Wildman–Crippen MR) is 72.6 cm³/mol. The highest BCUT2D eigenvalue weighted by atomic mass is 16.5. The van der Waals surface area contributed by atoms with E-state index in [1.807, 2.05) is 0 Å². The van der Waals surface area contributed by atoms with E-state index < -0.39 is 12.1 Å². The SMILES string of the molecule is CCN1CCCC1CNC(=O)N1CCOC(C(=O)O)C1. The Bertz CT molecular complexity index is 364. The van der Waals surface area contributed by atoms with E-state index in [2.05, 4.69) is 17.1 Å². The molecule has 2 amide bonds. The zero-order chi connectivity index (χ0) is 14.5. The van der Waals surface area contributed by atoms with E-state index in [0.29, 0.717) is 19.1 Å². The molecule has 2 heterocycles. The average molecular weight is 285 g/mol. The molecule has 0 aromatic rings. The van der Waals surface area contributed by atoms with Crippen molar-refractivity contribution < 1.29 is 19.4 Å². The standard InChI is InChI=1S/C13H23N3O4/c1-2-15-5-3-4-10(15)8-14-13(19)16-6-7-20-11(9-16)12(17)18/h10-11H,2-9H2,1H3,(H,14,19)(H,17,18). The highest BCUT2D eigenvalue weighted by Gasteiger charge is 2.30. The minimum absolute atomic E-state index is 0.114. The molecule has 7 heteroatoms. The summed E-state index contributed by atoms with van der Waals surface area (Å²) in [5.74, 6) is -1.02. The number of rotatable bonds is 4. The molecule has 0 aliphatic carbocycles. The molecule has 2 atom stereocenters. The van der Waals surface area contributed by atoms with Crippen molar-refractivity contribution in [3.63, 3.8) is 0 Å². The van der Waals surface area contributed by atoms with Crippen LogP contribution in [0.25, 0.3) is 0 Å². The molecule has 0 bridgehead atoms. The summed E-state index contributed by atoms with van der Waals surface area (Å²) in [6.07, 6.45) is 1.37. The maximum absolute atomic E-state index is 12.1. The number of carbonyl (C=O) groups excluding carboxylic acids is 1. The first-order chi connectivity index (χ1) is 9.61. The number of carboxylic acid groups (broad SMARTS) is 1. The summed E-state index contributed by atoms with van der Waals surface area (Å²) >= 11 is 0. The second-order valence-electron chi connectivity index (χ2n) is 5.25. The molecule has 2 fully saturated rings. The van der Waals surface area contributed by atoms with Gasteiger partial charge in [0.2, 0.25) is 0 Å². The maximum atomic E-state index is 12.1. The fourth-order valence-corrected chi connectivity index (χ4v) is 2.84. The Balaban J connectivity index is 1.78. The monoisotopic (exact) mass is 285 g/mol. The smallest absolute Gasteiger partial charge is 0.334 e. The molecule has 0 spiro atoms. The Morgan fingerprint density at radius 1 is 1.40 bits per heavy atom. The van der Waals surface area contributed by atoms with Crippen LogP contribution in [0.2, 0.25) is 0 Å². The number of nitrogens with one attached hydrogen (secondary N) is 1. The van der Waals surface area contributed by atoms with Gasteiger partial charge in [0.05, 0.1) is 13.2 Å². The van der Waals surface area contributed by atoms with Crippen LogP contribution in [-0.2, 0) is 9.53 Å². The van der Waals surface area contributed by atoms with E-state index in [9.17, 15) is 9.59 Å². The molecule has 2 unspecified atom stereocenters. The van der Waals surface area contributed by atoms with Crippen LogP contribution in [0, 0.1) is 0 Å². The molecule has 0 saturated carbocycles. The van der Waals surface area contributed by atoms with Crippen LogP contribution in [0.1, 0.15) is 19.8 Å². The molecule has 0 radical (unpaired) electrons. The topological polar surface area (TPSA) is 82.1 Å². The number of urea groups is 1. The Kier molecular flexibility index (Phi) is 5.19. The third kappa shape index (κ3) is 3.61. The van der Waals surface area contributed by atoms with E-state index in [4.69, 9.17) is 9.84 Å². The minimum Gasteiger partial charge on any atom is -0.479 e. The first kappa shape index (κ1) is 15.1. The molecular weight excluding hydrogens is 262 g/mol. The van der Waals surface area contributed by atoms with Crippen LogP contribution < -0.4 is 5.32 Å². The van der Waals surface area contributed by atoms with Gasteiger partial charge in [0, 0.05) is 19.1 Å². The van der Waals surface area contributed by atoms with Crippen molar-refractivity contribution in [2.45, 2.75) is 31.9 Å². The summed E-state index contributed by atoms with van der Waals surface area (Å²) in [4.78, 5) is 26.8. The number of hydrogen-bond acceptors (Lipinski definition) is 4. The zero-order valence-electron chi connectivity index (χ0n) is 11.9. The zero-order valence-corrected chi connectivity index (χ0v) is 11.9. The number of likely N-dealkylation sites (N-methyl/N-ethyl adjacent to an activating group) is 1. The summed E-state index contributed by atoms with van der Waals surface area (Å²) in [5, 5.41) is 11.8. The number of morpholine rings is 1. The lowest BCUT2D eigenvalue weighted by Crippen LogP contribution is -2.53. The molecule has 2 saturated heterocycles. The van der Waals surface area contributed by atoms with Gasteiger partial charge in [-0.25, -0.2) is 9.59 Å². The van der Waals surface area contributed by atoms with Gasteiger partial charge in [0.15, 0.2) is 6.10 Å². The van der Waals surface area contributed by atoms with Gasteiger partial charge in [-0.15, -0.1) is 0 Å². The maximum Gasteiger partial charge on any atom is 0.334 e. The summed E-state index contributed by atoms with van der Waals surface area (Å²) in [6.45, 7) is 5.67. The van der Waals surface area contributed by atoms with Crippen molar-refractivity contribution >= 4 is 12.0 Å². The molecule has 2 N–H and O–H groups in total. The van der Waals surface area contributed by atoms with Crippen molar-refractivity contribution in [2.75, 3.05) is 39.3 Å². The summed E-state index contributed by atoms with van der Waals surface area (Å²) < 4.78 is 5.10. The van der Waals surface area contributed by atoms with Crippen LogP contribution in [0.15, 0.2) is 0 Å². The number of carbonyl (C=O) groups is 2. The molecule has 114 valence electrons. The number of likely N-dealkylation sites (tertiary alicyclic amines) is 1. The van der Waals surface area contributed by atoms with Crippen molar-refractivity contribution in [2.24, 2.45) is 0 Å². The molecule has 2 aliphatic rings. The molecule has 2 rings (SSSR count). The molecular formula is C13H23N3O4. The lowest BCUT2D eigenvalue weighted by Gasteiger charge is -2.31. The molecule has 7 nitrogen and oxygen atoms in total. The highest BCUT2D eigenvalue weighted by molar-refractivity contribution is 5.77. The van der Waals surface area contributed by atoms with E-state index in [1.165, 1.54) is 11.3 Å². The first-order valence-corrected chi connectivity index (χ1v) is 7.23. The Hall–Kier alpha value is -1.34. The first-order valence-electron chi connectivity index (χ1n) is 7.23. The number of nitrogens with zero attached hydrogens (tertiary/aromatic N) is 2.